The van der Waals surface area contributed by atoms with Gasteiger partial charge in [-0.25, -0.2) is 4.39 Å². The lowest BCUT2D eigenvalue weighted by Gasteiger charge is -2.57. The lowest BCUT2D eigenvalue weighted by Crippen LogP contribution is -2.72. The molecule has 1 fully saturated rings. The van der Waals surface area contributed by atoms with Gasteiger partial charge in [0.2, 0.25) is 0 Å². The maximum absolute atomic E-state index is 14.1. The summed E-state index contributed by atoms with van der Waals surface area (Å²) in [6.07, 6.45) is -6.90. The van der Waals surface area contributed by atoms with Crippen molar-refractivity contribution in [3.63, 3.8) is 0 Å². The van der Waals surface area contributed by atoms with Crippen LogP contribution >= 0.6 is 11.6 Å². The number of ether oxygens (including phenoxy) is 1. The van der Waals surface area contributed by atoms with Crippen LogP contribution in [0.1, 0.15) is 24.8 Å². The molecular weight excluding hydrogens is 460 g/mol. The first-order valence-corrected chi connectivity index (χ1v) is 10.1. The average Bonchev–Trinajstić information content (AvgIpc) is 2.69. The molecule has 180 valence electrons. The fraction of sp³-hybridized carbons (Fsp3) is 0.600. The second-order valence-electron chi connectivity index (χ2n) is 7.97. The fourth-order valence-electron chi connectivity index (χ4n) is 4.68. The Bertz CT molecular complexity index is 842. The molecule has 5 N–H and O–H groups in total. The third kappa shape index (κ3) is 4.70. The van der Waals surface area contributed by atoms with E-state index in [1.54, 1.807) is 0 Å². The van der Waals surface area contributed by atoms with Crippen molar-refractivity contribution in [3.05, 3.63) is 34.9 Å². The largest absolute Gasteiger partial charge is 0.481 e. The van der Waals surface area contributed by atoms with Crippen LogP contribution in [0.5, 0.6) is 0 Å². The third-order valence-corrected chi connectivity index (χ3v) is 6.48. The Balaban J connectivity index is 2.90. The van der Waals surface area contributed by atoms with Crippen LogP contribution in [-0.4, -0.2) is 66.8 Å². The van der Waals surface area contributed by atoms with Crippen molar-refractivity contribution in [2.24, 2.45) is 16.6 Å². The molecule has 5 unspecified atom stereocenters. The number of hydrogen-bond acceptors (Lipinski definition) is 5. The van der Waals surface area contributed by atoms with Crippen LogP contribution in [-0.2, 0) is 14.3 Å². The van der Waals surface area contributed by atoms with E-state index in [1.807, 2.05) is 0 Å². The van der Waals surface area contributed by atoms with E-state index in [1.165, 1.54) is 24.3 Å². The molecule has 2 rings (SSSR count). The van der Waals surface area contributed by atoms with Crippen molar-refractivity contribution in [1.82, 2.24) is 5.32 Å². The second kappa shape index (κ2) is 9.90. The lowest BCUT2D eigenvalue weighted by atomic mass is 9.51. The fourth-order valence-corrected chi connectivity index (χ4v) is 4.92. The molecule has 0 spiro atoms. The van der Waals surface area contributed by atoms with Gasteiger partial charge in [-0.3, -0.25) is 9.59 Å². The molecule has 7 nitrogen and oxygen atoms in total. The highest BCUT2D eigenvalue weighted by atomic mass is 35.5. The van der Waals surface area contributed by atoms with Gasteiger partial charge in [0.25, 0.3) is 0 Å². The first kappa shape index (κ1) is 26.3. The van der Waals surface area contributed by atoms with Gasteiger partial charge in [-0.05, 0) is 18.6 Å². The smallest absolute Gasteiger partial charge is 0.390 e. The number of carboxylic acids is 2. The zero-order valence-electron chi connectivity index (χ0n) is 17.2. The summed E-state index contributed by atoms with van der Waals surface area (Å²) >= 11 is 6.23. The van der Waals surface area contributed by atoms with Crippen LogP contribution in [0.15, 0.2) is 24.3 Å². The van der Waals surface area contributed by atoms with Crippen molar-refractivity contribution < 1.29 is 42.1 Å². The summed E-state index contributed by atoms with van der Waals surface area (Å²) in [5.41, 5.74) is 0.142. The highest BCUT2D eigenvalue weighted by molar-refractivity contribution is 6.31. The van der Waals surface area contributed by atoms with Crippen molar-refractivity contribution in [2.75, 3.05) is 26.4 Å². The molecule has 12 heteroatoms. The molecule has 1 aliphatic heterocycles. The summed E-state index contributed by atoms with van der Waals surface area (Å²) in [6.45, 7) is -0.885. The molecule has 0 bridgehead atoms. The Labute approximate surface area is 186 Å². The first-order valence-electron chi connectivity index (χ1n) is 9.74. The number of hydrogen-bond donors (Lipinski definition) is 4. The molecule has 1 aromatic rings. The molecule has 0 amide bonds. The van der Waals surface area contributed by atoms with E-state index in [0.29, 0.717) is 0 Å². The van der Waals surface area contributed by atoms with Crippen LogP contribution in [0, 0.1) is 10.8 Å². The van der Waals surface area contributed by atoms with Crippen molar-refractivity contribution in [3.8, 4) is 0 Å². The molecular formula is C20H25ClF4N2O5. The predicted octanol–water partition coefficient (Wildman–Crippen LogP) is 2.82. The summed E-state index contributed by atoms with van der Waals surface area (Å²) in [6, 6.07) is 2.32. The Hall–Kier alpha value is -1.95. The minimum atomic E-state index is -5.01. The van der Waals surface area contributed by atoms with Gasteiger partial charge < -0.3 is 26.0 Å². The molecule has 0 aliphatic carbocycles. The number of halogens is 5. The molecule has 1 saturated heterocycles. The third-order valence-electron chi connectivity index (χ3n) is 6.13. The summed E-state index contributed by atoms with van der Waals surface area (Å²) in [5.74, 6) is -5.42. The van der Waals surface area contributed by atoms with Crippen LogP contribution in [0.25, 0.3) is 0 Å². The van der Waals surface area contributed by atoms with Gasteiger partial charge in [-0.1, -0.05) is 29.8 Å². The minimum absolute atomic E-state index is 0.0133. The number of nitrogens with two attached hydrogens (primary N) is 1. The Morgan fingerprint density at radius 2 is 1.84 bits per heavy atom. The number of aliphatic carboxylic acids is 2. The highest BCUT2D eigenvalue weighted by Gasteiger charge is 2.69. The number of carboxylic acid groups (broad SMARTS) is 2. The SMILES string of the molecule is CC1(C(=O)O)C(CF)NC(COCCN)C(CC(F)(F)F)(C(=O)O)C1c1ccccc1Cl. The first-order chi connectivity index (χ1) is 14.9. The number of piperidine rings is 1. The molecule has 1 heterocycles. The van der Waals surface area contributed by atoms with Crippen LogP contribution in [0.2, 0.25) is 5.02 Å². The Morgan fingerprint density at radius 3 is 2.31 bits per heavy atom. The quantitative estimate of drug-likeness (QED) is 0.314. The summed E-state index contributed by atoms with van der Waals surface area (Å²) in [7, 11) is 0. The molecule has 32 heavy (non-hydrogen) atoms. The van der Waals surface area contributed by atoms with E-state index in [9.17, 15) is 37.4 Å². The van der Waals surface area contributed by atoms with E-state index in [2.05, 4.69) is 5.32 Å². The number of benzene rings is 1. The normalized spacial score (nSPS) is 30.8. The standard InChI is InChI=1S/C20H25ClF4N2O5/c1-18(16(28)29)13(8-22)27-14(9-32-7-6-26)19(17(30)31,10-20(23,24)25)15(18)11-4-2-3-5-12(11)21/h2-5,13-15,27H,6-10,26H2,1H3,(H,28,29)(H,30,31). The molecule has 0 saturated carbocycles. The maximum Gasteiger partial charge on any atom is 0.390 e. The predicted molar refractivity (Wildman–Crippen MR) is 107 cm³/mol. The monoisotopic (exact) mass is 484 g/mol. The van der Waals surface area contributed by atoms with Crippen LogP contribution in [0.4, 0.5) is 17.6 Å². The molecule has 0 radical (unpaired) electrons. The maximum atomic E-state index is 14.1. The van der Waals surface area contributed by atoms with Gasteiger partial charge in [-0.2, -0.15) is 13.2 Å². The minimum Gasteiger partial charge on any atom is -0.481 e. The highest BCUT2D eigenvalue weighted by Crippen LogP contribution is 2.60. The van der Waals surface area contributed by atoms with Crippen molar-refractivity contribution in [1.29, 1.82) is 0 Å². The topological polar surface area (TPSA) is 122 Å². The van der Waals surface area contributed by atoms with E-state index in [4.69, 9.17) is 22.1 Å². The van der Waals surface area contributed by atoms with Gasteiger partial charge in [0.05, 0.1) is 31.1 Å². The zero-order valence-corrected chi connectivity index (χ0v) is 17.9. The van der Waals surface area contributed by atoms with Crippen molar-refractivity contribution in [2.45, 2.75) is 37.5 Å². The molecule has 1 aromatic carbocycles. The van der Waals surface area contributed by atoms with Crippen LogP contribution in [0.3, 0.4) is 0 Å². The number of rotatable bonds is 9. The zero-order chi connectivity index (χ0) is 24.3. The van der Waals surface area contributed by atoms with E-state index < -0.39 is 66.6 Å². The van der Waals surface area contributed by atoms with Gasteiger partial charge in [0, 0.05) is 23.5 Å². The van der Waals surface area contributed by atoms with Gasteiger partial charge in [0.15, 0.2) is 0 Å². The van der Waals surface area contributed by atoms with Crippen molar-refractivity contribution >= 4 is 23.5 Å². The van der Waals surface area contributed by atoms with E-state index in [0.717, 1.165) is 6.92 Å². The summed E-state index contributed by atoms with van der Waals surface area (Å²) < 4.78 is 60.8. The molecule has 5 atom stereocenters. The lowest BCUT2D eigenvalue weighted by molar-refractivity contribution is -0.206. The molecule has 1 aliphatic rings. The van der Waals surface area contributed by atoms with Gasteiger partial charge in [0.1, 0.15) is 12.1 Å². The number of alkyl halides is 4. The summed E-state index contributed by atoms with van der Waals surface area (Å²) in [4.78, 5) is 25.1. The van der Waals surface area contributed by atoms with E-state index >= 15 is 0 Å². The summed E-state index contributed by atoms with van der Waals surface area (Å²) in [5, 5.41) is 22.7. The van der Waals surface area contributed by atoms with Gasteiger partial charge in [-0.15, -0.1) is 0 Å². The second-order valence-corrected chi connectivity index (χ2v) is 8.38. The Kier molecular flexibility index (Phi) is 8.14. The average molecular weight is 485 g/mol. The van der Waals surface area contributed by atoms with Crippen LogP contribution < -0.4 is 11.1 Å². The Morgan fingerprint density at radius 1 is 1.22 bits per heavy atom. The van der Waals surface area contributed by atoms with Gasteiger partial charge >= 0.3 is 18.1 Å². The van der Waals surface area contributed by atoms with E-state index in [-0.39, 0.29) is 23.7 Å². The number of carbonyl (C=O) groups is 2. The molecule has 0 aromatic heterocycles. The number of nitrogens with one attached hydrogen (secondary N) is 1.